The van der Waals surface area contributed by atoms with Gasteiger partial charge in [0.1, 0.15) is 29.2 Å². The molecule has 0 N–H and O–H groups in total. The van der Waals surface area contributed by atoms with Gasteiger partial charge in [-0.15, -0.1) is 0 Å². The van der Waals surface area contributed by atoms with Crippen LogP contribution in [-0.2, 0) is 16.0 Å². The molecule has 0 fully saturated rings. The van der Waals surface area contributed by atoms with Crippen LogP contribution in [0.2, 0.25) is 0 Å². The summed E-state index contributed by atoms with van der Waals surface area (Å²) in [5.74, 6) is 0.263. The topological polar surface area (TPSA) is 79.8 Å². The first kappa shape index (κ1) is 21.1. The highest BCUT2D eigenvalue weighted by atomic mass is 19.1. The first-order valence-corrected chi connectivity index (χ1v) is 10.5. The van der Waals surface area contributed by atoms with Crippen molar-refractivity contribution in [2.75, 3.05) is 13.7 Å². The lowest BCUT2D eigenvalue weighted by atomic mass is 9.98. The van der Waals surface area contributed by atoms with Crippen LogP contribution in [0.25, 0.3) is 0 Å². The lowest BCUT2D eigenvalue weighted by Gasteiger charge is -2.17. The predicted molar refractivity (Wildman–Crippen MR) is 111 cm³/mol. The van der Waals surface area contributed by atoms with E-state index in [4.69, 9.17) is 18.9 Å². The van der Waals surface area contributed by atoms with E-state index in [-0.39, 0.29) is 24.3 Å². The van der Waals surface area contributed by atoms with Crippen LogP contribution in [0.3, 0.4) is 0 Å². The quantitative estimate of drug-likeness (QED) is 0.502. The molecule has 3 aromatic rings. The smallest absolute Gasteiger partial charge is 0.322 e. The zero-order chi connectivity index (χ0) is 22.9. The molecule has 1 aliphatic heterocycles. The lowest BCUT2D eigenvalue weighted by Crippen LogP contribution is -2.09. The third-order valence-corrected chi connectivity index (χ3v) is 5.82. The summed E-state index contributed by atoms with van der Waals surface area (Å²) in [6.07, 6.45) is 2.83. The van der Waals surface area contributed by atoms with Gasteiger partial charge in [-0.3, -0.25) is 4.79 Å². The Kier molecular flexibility index (Phi) is 5.53. The van der Waals surface area contributed by atoms with Gasteiger partial charge in [-0.25, -0.2) is 18.7 Å². The minimum atomic E-state index is -0.574. The van der Waals surface area contributed by atoms with Crippen molar-refractivity contribution in [3.05, 3.63) is 71.1 Å². The maximum Gasteiger partial charge on any atom is 0.322 e. The van der Waals surface area contributed by atoms with E-state index >= 15 is 0 Å². The Bertz CT molecular complexity index is 1200. The Morgan fingerprint density at radius 3 is 2.79 bits per heavy atom. The maximum atomic E-state index is 14.8. The third kappa shape index (κ3) is 4.18. The molecule has 0 radical (unpaired) electrons. The van der Waals surface area contributed by atoms with E-state index in [1.807, 2.05) is 6.07 Å². The fourth-order valence-corrected chi connectivity index (χ4v) is 4.25. The predicted octanol–water partition coefficient (Wildman–Crippen LogP) is 4.65. The normalized spacial score (nSPS) is 18.3. The first-order chi connectivity index (χ1) is 16.0. The van der Waals surface area contributed by atoms with Gasteiger partial charge in [0.05, 0.1) is 32.5 Å². The minimum Gasteiger partial charge on any atom is -0.492 e. The number of benzene rings is 2. The number of fused-ring (bicyclic) bond motifs is 2. The van der Waals surface area contributed by atoms with Crippen LogP contribution in [0.1, 0.15) is 41.6 Å². The molecule has 2 aliphatic rings. The number of nitrogens with zero attached hydrogens (tertiary/aromatic N) is 2. The second-order valence-electron chi connectivity index (χ2n) is 7.86. The molecule has 1 aliphatic carbocycles. The molecule has 1 aromatic heterocycles. The van der Waals surface area contributed by atoms with Crippen LogP contribution in [0.5, 0.6) is 23.3 Å². The summed E-state index contributed by atoms with van der Waals surface area (Å²) in [4.78, 5) is 19.2. The van der Waals surface area contributed by atoms with E-state index in [1.165, 1.54) is 19.2 Å². The molecule has 0 bridgehead atoms. The van der Waals surface area contributed by atoms with Gasteiger partial charge in [-0.2, -0.15) is 0 Å². The molecule has 2 atom stereocenters. The summed E-state index contributed by atoms with van der Waals surface area (Å²) < 4.78 is 50.1. The number of carbonyl (C=O) groups excluding carboxylic acids is 1. The van der Waals surface area contributed by atoms with Crippen molar-refractivity contribution in [3.63, 3.8) is 0 Å². The Hall–Kier alpha value is -3.75. The molecule has 0 amide bonds. The van der Waals surface area contributed by atoms with Crippen molar-refractivity contribution in [1.29, 1.82) is 0 Å². The van der Waals surface area contributed by atoms with Gasteiger partial charge in [0.25, 0.3) is 0 Å². The highest BCUT2D eigenvalue weighted by Gasteiger charge is 2.32. The fourth-order valence-electron chi connectivity index (χ4n) is 4.25. The average Bonchev–Trinajstić information content (AvgIpc) is 3.42. The zero-order valence-electron chi connectivity index (χ0n) is 17.7. The van der Waals surface area contributed by atoms with E-state index in [0.29, 0.717) is 47.8 Å². The minimum absolute atomic E-state index is 0.0214. The molecule has 2 aromatic carbocycles. The number of carbonyl (C=O) groups is 1. The molecule has 170 valence electrons. The number of aromatic nitrogens is 2. The largest absolute Gasteiger partial charge is 0.492 e. The molecule has 2 heterocycles. The lowest BCUT2D eigenvalue weighted by molar-refractivity contribution is -0.141. The Balaban J connectivity index is 1.35. The Morgan fingerprint density at radius 1 is 1.18 bits per heavy atom. The summed E-state index contributed by atoms with van der Waals surface area (Å²) in [6, 6.07) is 8.21. The summed E-state index contributed by atoms with van der Waals surface area (Å²) in [6.45, 7) is 0.390. The van der Waals surface area contributed by atoms with Crippen LogP contribution in [0.4, 0.5) is 8.78 Å². The molecular formula is C24H20F2N2O5. The summed E-state index contributed by atoms with van der Waals surface area (Å²) >= 11 is 0. The second kappa shape index (κ2) is 8.65. The van der Waals surface area contributed by atoms with Crippen LogP contribution in [0.15, 0.2) is 42.7 Å². The third-order valence-electron chi connectivity index (χ3n) is 5.82. The number of halogens is 2. The van der Waals surface area contributed by atoms with Crippen LogP contribution in [0, 0.1) is 11.6 Å². The van der Waals surface area contributed by atoms with Crippen molar-refractivity contribution in [3.8, 4) is 23.3 Å². The summed E-state index contributed by atoms with van der Waals surface area (Å²) in [5.41, 5.74) is 2.00. The van der Waals surface area contributed by atoms with Crippen molar-refractivity contribution < 1.29 is 32.5 Å². The van der Waals surface area contributed by atoms with E-state index in [9.17, 15) is 13.6 Å². The van der Waals surface area contributed by atoms with Crippen LogP contribution in [-0.4, -0.2) is 29.7 Å². The van der Waals surface area contributed by atoms with Crippen molar-refractivity contribution in [1.82, 2.24) is 9.97 Å². The summed E-state index contributed by atoms with van der Waals surface area (Å²) in [5, 5.41) is 0. The molecule has 0 saturated heterocycles. The number of esters is 1. The van der Waals surface area contributed by atoms with Gasteiger partial charge in [0.2, 0.25) is 0 Å². The highest BCUT2D eigenvalue weighted by Crippen LogP contribution is 2.44. The van der Waals surface area contributed by atoms with Crippen molar-refractivity contribution in [2.24, 2.45) is 0 Å². The standard InChI is InChI=1S/C24H20F2N2O5/c1-30-22(29)8-13-12-31-21-9-15(2-3-16(13)21)32-20-6-4-17-19(7-5-18(26)23(17)20)33-24-27-10-14(25)11-28-24/h2-3,5,7,9-11,13,20H,4,6,8,12H2,1H3/t13-,20-/m1/s1. The van der Waals surface area contributed by atoms with Crippen LogP contribution >= 0.6 is 0 Å². The number of hydrogen-bond acceptors (Lipinski definition) is 7. The fraction of sp³-hybridized carbons (Fsp3) is 0.292. The van der Waals surface area contributed by atoms with Crippen LogP contribution < -0.4 is 14.2 Å². The maximum absolute atomic E-state index is 14.8. The molecule has 0 spiro atoms. The van der Waals surface area contributed by atoms with E-state index in [2.05, 4.69) is 9.97 Å². The van der Waals surface area contributed by atoms with Crippen molar-refractivity contribution in [2.45, 2.75) is 31.3 Å². The first-order valence-electron chi connectivity index (χ1n) is 10.5. The van der Waals surface area contributed by atoms with Gasteiger partial charge < -0.3 is 18.9 Å². The summed E-state index contributed by atoms with van der Waals surface area (Å²) in [7, 11) is 1.36. The van der Waals surface area contributed by atoms with Gasteiger partial charge in [-0.05, 0) is 31.0 Å². The Labute approximate surface area is 188 Å². The average molecular weight is 454 g/mol. The van der Waals surface area contributed by atoms with Gasteiger partial charge in [0.15, 0.2) is 5.82 Å². The number of hydrogen-bond donors (Lipinski definition) is 0. The number of ether oxygens (including phenoxy) is 4. The molecule has 5 rings (SSSR count). The molecule has 33 heavy (non-hydrogen) atoms. The van der Waals surface area contributed by atoms with E-state index in [0.717, 1.165) is 18.0 Å². The molecule has 7 nitrogen and oxygen atoms in total. The molecule has 9 heteroatoms. The van der Waals surface area contributed by atoms with Crippen molar-refractivity contribution >= 4 is 5.97 Å². The van der Waals surface area contributed by atoms with E-state index < -0.39 is 17.7 Å². The van der Waals surface area contributed by atoms with Gasteiger partial charge >= 0.3 is 12.0 Å². The molecule has 0 unspecified atom stereocenters. The van der Waals surface area contributed by atoms with Gasteiger partial charge in [-0.1, -0.05) is 6.07 Å². The molecule has 0 saturated carbocycles. The molecular weight excluding hydrogens is 434 g/mol. The highest BCUT2D eigenvalue weighted by molar-refractivity contribution is 5.71. The number of rotatable bonds is 6. The SMILES string of the molecule is COC(=O)C[C@@H]1COc2cc(O[C@@H]3CCc4c(Oc5ncc(F)cn5)ccc(F)c43)ccc21. The Morgan fingerprint density at radius 2 is 2.00 bits per heavy atom. The zero-order valence-corrected chi connectivity index (χ0v) is 17.7. The monoisotopic (exact) mass is 454 g/mol. The van der Waals surface area contributed by atoms with E-state index in [1.54, 1.807) is 12.1 Å². The van der Waals surface area contributed by atoms with Gasteiger partial charge in [0, 0.05) is 28.7 Å². The second-order valence-corrected chi connectivity index (χ2v) is 7.86. The number of methoxy groups -OCH3 is 1.